The summed E-state index contributed by atoms with van der Waals surface area (Å²) in [5.41, 5.74) is 1.74. The Bertz CT molecular complexity index is 863. The maximum absolute atomic E-state index is 12.6. The van der Waals surface area contributed by atoms with Gasteiger partial charge in [0.05, 0.1) is 30.4 Å². The van der Waals surface area contributed by atoms with E-state index in [9.17, 15) is 9.59 Å². The number of hydrogen-bond donors (Lipinski definition) is 2. The van der Waals surface area contributed by atoms with E-state index in [1.54, 1.807) is 12.1 Å². The van der Waals surface area contributed by atoms with Gasteiger partial charge in [-0.1, -0.05) is 23.7 Å². The van der Waals surface area contributed by atoms with Crippen LogP contribution in [0.25, 0.3) is 0 Å². The van der Waals surface area contributed by atoms with Crippen molar-refractivity contribution in [2.45, 2.75) is 52.0 Å². The fourth-order valence-electron chi connectivity index (χ4n) is 3.63. The van der Waals surface area contributed by atoms with E-state index >= 15 is 0 Å². The van der Waals surface area contributed by atoms with Gasteiger partial charge in [0, 0.05) is 37.0 Å². The average molecular weight is 451 g/mol. The van der Waals surface area contributed by atoms with Crippen molar-refractivity contribution in [2.75, 3.05) is 18.4 Å². The number of carbonyl (C=O) groups excluding carboxylic acids is 2. The molecular formula is C21H27ClN4O3S. The molecule has 1 aromatic carbocycles. The lowest BCUT2D eigenvalue weighted by molar-refractivity contribution is -0.120. The maximum Gasteiger partial charge on any atom is 0.228 e. The van der Waals surface area contributed by atoms with Crippen LogP contribution < -0.4 is 10.6 Å². The van der Waals surface area contributed by atoms with Crippen LogP contribution in [0.2, 0.25) is 5.02 Å². The first-order valence-electron chi connectivity index (χ1n) is 9.93. The molecule has 2 amide bonds. The lowest BCUT2D eigenvalue weighted by Crippen LogP contribution is -2.44. The minimum absolute atomic E-state index is 0.106. The van der Waals surface area contributed by atoms with Crippen molar-refractivity contribution in [2.24, 2.45) is 0 Å². The number of ether oxygens (including phenoxy) is 1. The number of benzene rings is 1. The lowest BCUT2D eigenvalue weighted by Gasteiger charge is -2.34. The van der Waals surface area contributed by atoms with Crippen LogP contribution in [0.4, 0.5) is 5.13 Å². The molecule has 0 radical (unpaired) electrons. The number of carbonyl (C=O) groups is 2. The summed E-state index contributed by atoms with van der Waals surface area (Å²) in [6, 6.07) is 6.66. The van der Waals surface area contributed by atoms with Gasteiger partial charge in [-0.3, -0.25) is 14.5 Å². The Balaban J connectivity index is 1.58. The van der Waals surface area contributed by atoms with Crippen molar-refractivity contribution in [1.82, 2.24) is 15.2 Å². The van der Waals surface area contributed by atoms with Crippen molar-refractivity contribution in [3.8, 4) is 0 Å². The molecule has 7 nitrogen and oxygen atoms in total. The maximum atomic E-state index is 12.6. The molecule has 0 bridgehead atoms. The van der Waals surface area contributed by atoms with Gasteiger partial charge < -0.3 is 15.4 Å². The van der Waals surface area contributed by atoms with Gasteiger partial charge >= 0.3 is 0 Å². The highest BCUT2D eigenvalue weighted by Crippen LogP contribution is 2.22. The zero-order chi connectivity index (χ0) is 21.7. The van der Waals surface area contributed by atoms with Gasteiger partial charge in [-0.15, -0.1) is 11.3 Å². The van der Waals surface area contributed by atoms with E-state index in [1.807, 2.05) is 17.5 Å². The molecule has 30 heavy (non-hydrogen) atoms. The second kappa shape index (κ2) is 10.3. The summed E-state index contributed by atoms with van der Waals surface area (Å²) in [4.78, 5) is 31.0. The van der Waals surface area contributed by atoms with Crippen LogP contribution in [0.15, 0.2) is 29.6 Å². The summed E-state index contributed by atoms with van der Waals surface area (Å²) < 4.78 is 5.77. The van der Waals surface area contributed by atoms with Crippen molar-refractivity contribution in [3.05, 3.63) is 45.9 Å². The number of aromatic nitrogens is 1. The van der Waals surface area contributed by atoms with E-state index < -0.39 is 6.04 Å². The van der Waals surface area contributed by atoms with Gasteiger partial charge in [-0.2, -0.15) is 0 Å². The number of anilines is 1. The van der Waals surface area contributed by atoms with Crippen LogP contribution in [0.1, 0.15) is 44.5 Å². The van der Waals surface area contributed by atoms with Crippen molar-refractivity contribution >= 4 is 39.9 Å². The number of morpholine rings is 1. The van der Waals surface area contributed by atoms with Crippen LogP contribution in [0.5, 0.6) is 0 Å². The molecule has 3 rings (SSSR count). The quantitative estimate of drug-likeness (QED) is 0.673. The smallest absolute Gasteiger partial charge is 0.228 e. The predicted molar refractivity (Wildman–Crippen MR) is 119 cm³/mol. The van der Waals surface area contributed by atoms with Gasteiger partial charge in [0.15, 0.2) is 5.13 Å². The number of thiazole rings is 1. The Morgan fingerprint density at radius 3 is 2.57 bits per heavy atom. The summed E-state index contributed by atoms with van der Waals surface area (Å²) in [7, 11) is 0. The third-order valence-corrected chi connectivity index (χ3v) is 5.78. The van der Waals surface area contributed by atoms with Crippen LogP contribution in [0.3, 0.4) is 0 Å². The third kappa shape index (κ3) is 6.77. The largest absolute Gasteiger partial charge is 0.373 e. The zero-order valence-corrected chi connectivity index (χ0v) is 18.9. The second-order valence-corrected chi connectivity index (χ2v) is 8.95. The highest BCUT2D eigenvalue weighted by Gasteiger charge is 2.23. The SMILES string of the molecule is CC(=O)N[C@H](CC(=O)Nc1nc(CN2C[C@@H](C)O[C@H](C)C2)cs1)c1ccc(Cl)cc1. The van der Waals surface area contributed by atoms with Crippen LogP contribution in [-0.4, -0.2) is 47.0 Å². The van der Waals surface area contributed by atoms with Crippen LogP contribution >= 0.6 is 22.9 Å². The number of rotatable bonds is 7. The van der Waals surface area contributed by atoms with E-state index in [-0.39, 0.29) is 30.4 Å². The summed E-state index contributed by atoms with van der Waals surface area (Å²) in [5.74, 6) is -0.411. The van der Waals surface area contributed by atoms with Crippen molar-refractivity contribution in [3.63, 3.8) is 0 Å². The van der Waals surface area contributed by atoms with Crippen molar-refractivity contribution in [1.29, 1.82) is 0 Å². The molecule has 1 aromatic heterocycles. The number of nitrogens with zero attached hydrogens (tertiary/aromatic N) is 2. The van der Waals surface area contributed by atoms with E-state index in [2.05, 4.69) is 34.4 Å². The fourth-order valence-corrected chi connectivity index (χ4v) is 4.47. The molecule has 1 aliphatic heterocycles. The highest BCUT2D eigenvalue weighted by atomic mass is 35.5. The Morgan fingerprint density at radius 1 is 1.27 bits per heavy atom. The summed E-state index contributed by atoms with van der Waals surface area (Å²) in [6.45, 7) is 8.03. The summed E-state index contributed by atoms with van der Waals surface area (Å²) in [6.07, 6.45) is 0.504. The van der Waals surface area contributed by atoms with Gasteiger partial charge in [-0.25, -0.2) is 4.98 Å². The Hall–Kier alpha value is -2.00. The molecule has 0 unspecified atom stereocenters. The monoisotopic (exact) mass is 450 g/mol. The molecule has 2 heterocycles. The molecule has 1 fully saturated rings. The molecule has 9 heteroatoms. The molecular weight excluding hydrogens is 424 g/mol. The molecule has 3 atom stereocenters. The highest BCUT2D eigenvalue weighted by molar-refractivity contribution is 7.13. The van der Waals surface area contributed by atoms with Gasteiger partial charge in [0.25, 0.3) is 0 Å². The standard InChI is InChI=1S/C21H27ClN4O3S/c1-13-9-26(10-14(2)29-13)11-18-12-30-21(24-18)25-20(28)8-19(23-15(3)27)16-4-6-17(22)7-5-16/h4-7,12-14,19H,8-11H2,1-3H3,(H,23,27)(H,24,25,28)/t13-,14-,19-/m1/s1. The molecule has 1 saturated heterocycles. The first kappa shape index (κ1) is 22.7. The van der Waals surface area contributed by atoms with Gasteiger partial charge in [0.2, 0.25) is 11.8 Å². The number of halogens is 1. The van der Waals surface area contributed by atoms with Gasteiger partial charge in [-0.05, 0) is 31.5 Å². The Labute approximate surface area is 185 Å². The van der Waals surface area contributed by atoms with Gasteiger partial charge in [0.1, 0.15) is 0 Å². The predicted octanol–water partition coefficient (Wildman–Crippen LogP) is 3.61. The lowest BCUT2D eigenvalue weighted by atomic mass is 10.0. The molecule has 2 N–H and O–H groups in total. The number of nitrogens with one attached hydrogen (secondary N) is 2. The zero-order valence-electron chi connectivity index (χ0n) is 17.4. The van der Waals surface area contributed by atoms with Crippen LogP contribution in [0, 0.1) is 0 Å². The Kier molecular flexibility index (Phi) is 7.82. The fraction of sp³-hybridized carbons (Fsp3) is 0.476. The van der Waals surface area contributed by atoms with E-state index in [0.717, 1.165) is 30.9 Å². The molecule has 1 aliphatic rings. The van der Waals surface area contributed by atoms with Crippen molar-refractivity contribution < 1.29 is 14.3 Å². The normalized spacial score (nSPS) is 20.5. The average Bonchev–Trinajstić information content (AvgIpc) is 3.07. The van der Waals surface area contributed by atoms with E-state index in [4.69, 9.17) is 16.3 Å². The molecule has 2 aromatic rings. The molecule has 0 aliphatic carbocycles. The summed E-state index contributed by atoms with van der Waals surface area (Å²) in [5, 5.41) is 8.79. The molecule has 0 saturated carbocycles. The third-order valence-electron chi connectivity index (χ3n) is 4.72. The second-order valence-electron chi connectivity index (χ2n) is 7.65. The first-order chi connectivity index (χ1) is 14.3. The van der Waals surface area contributed by atoms with E-state index in [1.165, 1.54) is 18.3 Å². The topological polar surface area (TPSA) is 83.6 Å². The van der Waals surface area contributed by atoms with E-state index in [0.29, 0.717) is 10.2 Å². The number of hydrogen-bond acceptors (Lipinski definition) is 6. The molecule has 0 spiro atoms. The minimum Gasteiger partial charge on any atom is -0.373 e. The minimum atomic E-state index is -0.435. The number of amides is 2. The molecule has 162 valence electrons. The van der Waals surface area contributed by atoms with Crippen LogP contribution in [-0.2, 0) is 20.9 Å². The first-order valence-corrected chi connectivity index (χ1v) is 11.2. The Morgan fingerprint density at radius 2 is 1.93 bits per heavy atom. The summed E-state index contributed by atoms with van der Waals surface area (Å²) >= 11 is 7.34.